The third-order valence-electron chi connectivity index (χ3n) is 3.04. The van der Waals surface area contributed by atoms with Gasteiger partial charge in [0.1, 0.15) is 18.1 Å². The van der Waals surface area contributed by atoms with Gasteiger partial charge in [0.25, 0.3) is 0 Å². The molecule has 2 rings (SSSR count). The fraction of sp³-hybridized carbons (Fsp3) is 0.500. The number of nitrogens with one attached hydrogen (secondary N) is 2. The van der Waals surface area contributed by atoms with Crippen LogP contribution < -0.4 is 20.1 Å². The fourth-order valence-electron chi connectivity index (χ4n) is 2.07. The van der Waals surface area contributed by atoms with Crippen molar-refractivity contribution in [1.82, 2.24) is 10.6 Å². The molecule has 0 bridgehead atoms. The second-order valence-electron chi connectivity index (χ2n) is 4.59. The van der Waals surface area contributed by atoms with E-state index in [1.54, 1.807) is 7.11 Å². The first kappa shape index (κ1) is 13.5. The van der Waals surface area contributed by atoms with Crippen molar-refractivity contribution in [2.45, 2.75) is 25.8 Å². The quantitative estimate of drug-likeness (QED) is 0.870. The lowest BCUT2D eigenvalue weighted by atomic mass is 10.0. The molecule has 0 radical (unpaired) electrons. The highest BCUT2D eigenvalue weighted by atomic mass is 16.5. The summed E-state index contributed by atoms with van der Waals surface area (Å²) >= 11 is 0. The van der Waals surface area contributed by atoms with Crippen LogP contribution in [0.5, 0.6) is 11.5 Å². The minimum Gasteiger partial charge on any atom is -0.497 e. The molecule has 1 atom stereocenters. The van der Waals surface area contributed by atoms with E-state index in [2.05, 4.69) is 10.6 Å². The molecule has 5 nitrogen and oxygen atoms in total. The maximum absolute atomic E-state index is 11.6. The summed E-state index contributed by atoms with van der Waals surface area (Å²) in [7, 11) is 1.64. The van der Waals surface area contributed by atoms with Crippen LogP contribution in [0, 0.1) is 0 Å². The monoisotopic (exact) mass is 264 g/mol. The Labute approximate surface area is 113 Å². The van der Waals surface area contributed by atoms with E-state index in [-0.39, 0.29) is 12.1 Å². The normalized spacial score (nSPS) is 17.1. The summed E-state index contributed by atoms with van der Waals surface area (Å²) < 4.78 is 10.8. The average molecular weight is 264 g/mol. The standard InChI is InChI=1S/C14H20N2O3/c1-3-6-15-14(17)16-11-7-10-8-12(18-2)4-5-13(10)19-9-11/h4-5,8,11H,3,6-7,9H2,1-2H3,(H2,15,16,17)/t11-/m1/s1. The van der Waals surface area contributed by atoms with Gasteiger partial charge in [-0.25, -0.2) is 4.79 Å². The molecule has 0 aromatic heterocycles. The molecule has 0 aliphatic carbocycles. The molecule has 19 heavy (non-hydrogen) atoms. The van der Waals surface area contributed by atoms with Gasteiger partial charge in [0.2, 0.25) is 0 Å². The van der Waals surface area contributed by atoms with Crippen molar-refractivity contribution >= 4 is 6.03 Å². The van der Waals surface area contributed by atoms with Crippen LogP contribution in [-0.2, 0) is 6.42 Å². The second kappa shape index (κ2) is 6.31. The van der Waals surface area contributed by atoms with Gasteiger partial charge < -0.3 is 20.1 Å². The predicted molar refractivity (Wildman–Crippen MR) is 72.8 cm³/mol. The third kappa shape index (κ3) is 3.53. The van der Waals surface area contributed by atoms with Crippen LogP contribution in [0.4, 0.5) is 4.79 Å². The molecule has 0 saturated carbocycles. The Morgan fingerprint density at radius 2 is 2.37 bits per heavy atom. The zero-order valence-electron chi connectivity index (χ0n) is 11.4. The molecule has 1 aliphatic heterocycles. The zero-order chi connectivity index (χ0) is 13.7. The molecule has 0 fully saturated rings. The van der Waals surface area contributed by atoms with Crippen LogP contribution in [0.3, 0.4) is 0 Å². The summed E-state index contributed by atoms with van der Waals surface area (Å²) in [5.41, 5.74) is 1.06. The Morgan fingerprint density at radius 1 is 1.53 bits per heavy atom. The molecule has 1 aromatic rings. The molecule has 0 spiro atoms. The Morgan fingerprint density at radius 3 is 3.11 bits per heavy atom. The van der Waals surface area contributed by atoms with Gasteiger partial charge in [-0.1, -0.05) is 6.92 Å². The van der Waals surface area contributed by atoms with Crippen molar-refractivity contribution in [3.8, 4) is 11.5 Å². The fourth-order valence-corrected chi connectivity index (χ4v) is 2.07. The van der Waals surface area contributed by atoms with E-state index in [0.29, 0.717) is 13.2 Å². The van der Waals surface area contributed by atoms with Gasteiger partial charge >= 0.3 is 6.03 Å². The lowest BCUT2D eigenvalue weighted by Crippen LogP contribution is -2.47. The minimum absolute atomic E-state index is 0.00328. The van der Waals surface area contributed by atoms with Crippen LogP contribution in [0.15, 0.2) is 18.2 Å². The van der Waals surface area contributed by atoms with Crippen LogP contribution in [0.25, 0.3) is 0 Å². The molecule has 5 heteroatoms. The molecular formula is C14H20N2O3. The van der Waals surface area contributed by atoms with Crippen LogP contribution in [0.2, 0.25) is 0 Å². The number of hydrogen-bond donors (Lipinski definition) is 2. The molecule has 1 aromatic carbocycles. The van der Waals surface area contributed by atoms with E-state index in [0.717, 1.165) is 29.9 Å². The highest BCUT2D eigenvalue weighted by Gasteiger charge is 2.21. The van der Waals surface area contributed by atoms with Crippen LogP contribution in [0.1, 0.15) is 18.9 Å². The highest BCUT2D eigenvalue weighted by Crippen LogP contribution is 2.28. The number of carbonyl (C=O) groups is 1. The van der Waals surface area contributed by atoms with Gasteiger partial charge in [-0.2, -0.15) is 0 Å². The Hall–Kier alpha value is -1.91. The molecule has 0 saturated heterocycles. The van der Waals surface area contributed by atoms with Crippen LogP contribution >= 0.6 is 0 Å². The average Bonchev–Trinajstić information content (AvgIpc) is 2.44. The third-order valence-corrected chi connectivity index (χ3v) is 3.04. The Kier molecular flexibility index (Phi) is 4.49. The molecule has 2 amide bonds. The van der Waals surface area contributed by atoms with E-state index in [1.807, 2.05) is 25.1 Å². The van der Waals surface area contributed by atoms with Gasteiger partial charge in [0.05, 0.1) is 13.2 Å². The van der Waals surface area contributed by atoms with Crippen molar-refractivity contribution in [3.63, 3.8) is 0 Å². The molecule has 104 valence electrons. The van der Waals surface area contributed by atoms with Crippen LogP contribution in [-0.4, -0.2) is 32.3 Å². The number of carbonyl (C=O) groups excluding carboxylic acids is 1. The molecular weight excluding hydrogens is 244 g/mol. The van der Waals surface area contributed by atoms with E-state index in [9.17, 15) is 4.79 Å². The van der Waals surface area contributed by atoms with Crippen molar-refractivity contribution in [1.29, 1.82) is 0 Å². The Balaban J connectivity index is 1.95. The van der Waals surface area contributed by atoms with Gasteiger partial charge in [-0.05, 0) is 36.6 Å². The summed E-state index contributed by atoms with van der Waals surface area (Å²) in [6.07, 6.45) is 1.68. The van der Waals surface area contributed by atoms with Gasteiger partial charge in [0, 0.05) is 6.54 Å². The lowest BCUT2D eigenvalue weighted by molar-refractivity contribution is 0.214. The predicted octanol–water partition coefficient (Wildman–Crippen LogP) is 1.71. The summed E-state index contributed by atoms with van der Waals surface area (Å²) in [4.78, 5) is 11.6. The first-order valence-electron chi connectivity index (χ1n) is 6.57. The minimum atomic E-state index is -0.137. The van der Waals surface area contributed by atoms with E-state index >= 15 is 0 Å². The lowest BCUT2D eigenvalue weighted by Gasteiger charge is -2.26. The van der Waals surface area contributed by atoms with E-state index in [1.165, 1.54) is 0 Å². The second-order valence-corrected chi connectivity index (χ2v) is 4.59. The maximum atomic E-state index is 11.6. The number of fused-ring (bicyclic) bond motifs is 1. The number of benzene rings is 1. The topological polar surface area (TPSA) is 59.6 Å². The molecule has 1 aliphatic rings. The number of urea groups is 1. The molecule has 0 unspecified atom stereocenters. The van der Waals surface area contributed by atoms with Gasteiger partial charge in [0.15, 0.2) is 0 Å². The van der Waals surface area contributed by atoms with E-state index < -0.39 is 0 Å². The number of rotatable bonds is 4. The first-order chi connectivity index (χ1) is 9.22. The largest absolute Gasteiger partial charge is 0.497 e. The molecule has 1 heterocycles. The van der Waals surface area contributed by atoms with Crippen molar-refractivity contribution in [2.24, 2.45) is 0 Å². The number of ether oxygens (including phenoxy) is 2. The number of hydrogen-bond acceptors (Lipinski definition) is 3. The number of amides is 2. The maximum Gasteiger partial charge on any atom is 0.315 e. The smallest absolute Gasteiger partial charge is 0.315 e. The summed E-state index contributed by atoms with van der Waals surface area (Å²) in [6.45, 7) is 3.20. The summed E-state index contributed by atoms with van der Waals surface area (Å²) in [5.74, 6) is 1.67. The van der Waals surface area contributed by atoms with Crippen molar-refractivity contribution in [2.75, 3.05) is 20.3 Å². The summed E-state index contributed by atoms with van der Waals surface area (Å²) in [6, 6.07) is 5.59. The SMILES string of the molecule is CCCNC(=O)N[C@H]1COc2ccc(OC)cc2C1. The number of methoxy groups -OCH3 is 1. The van der Waals surface area contributed by atoms with Crippen molar-refractivity contribution < 1.29 is 14.3 Å². The van der Waals surface area contributed by atoms with Gasteiger partial charge in [-0.15, -0.1) is 0 Å². The van der Waals surface area contributed by atoms with E-state index in [4.69, 9.17) is 9.47 Å². The van der Waals surface area contributed by atoms with Gasteiger partial charge in [-0.3, -0.25) is 0 Å². The van der Waals surface area contributed by atoms with Crippen molar-refractivity contribution in [3.05, 3.63) is 23.8 Å². The summed E-state index contributed by atoms with van der Waals surface area (Å²) in [5, 5.41) is 5.71. The Bertz CT molecular complexity index is 448. The zero-order valence-corrected chi connectivity index (χ0v) is 11.4. The highest BCUT2D eigenvalue weighted by molar-refractivity contribution is 5.74. The first-order valence-corrected chi connectivity index (χ1v) is 6.57. The molecule has 2 N–H and O–H groups in total.